The van der Waals surface area contributed by atoms with Crippen LogP contribution in [0, 0.1) is 0 Å². The van der Waals surface area contributed by atoms with Crippen molar-refractivity contribution in [2.24, 2.45) is 0 Å². The van der Waals surface area contributed by atoms with Gasteiger partial charge in [0, 0.05) is 24.7 Å². The molecule has 0 saturated carbocycles. The van der Waals surface area contributed by atoms with Gasteiger partial charge >= 0.3 is 0 Å². The molecule has 2 aromatic carbocycles. The topological polar surface area (TPSA) is 58.6 Å². The third kappa shape index (κ3) is 3.74. The van der Waals surface area contributed by atoms with Crippen molar-refractivity contribution in [2.45, 2.75) is 18.9 Å². The molecule has 0 aromatic heterocycles. The van der Waals surface area contributed by atoms with E-state index >= 15 is 0 Å². The van der Waals surface area contributed by atoms with Crippen LogP contribution < -0.4 is 15.0 Å². The van der Waals surface area contributed by atoms with Crippen LogP contribution in [0.3, 0.4) is 0 Å². The predicted octanol–water partition coefficient (Wildman–Crippen LogP) is 2.16. The highest BCUT2D eigenvalue weighted by Gasteiger charge is 2.31. The maximum absolute atomic E-state index is 12.3. The van der Waals surface area contributed by atoms with Crippen molar-refractivity contribution < 1.29 is 14.3 Å². The fourth-order valence-corrected chi connectivity index (χ4v) is 2.89. The fourth-order valence-electron chi connectivity index (χ4n) is 2.89. The summed E-state index contributed by atoms with van der Waals surface area (Å²) >= 11 is 0. The van der Waals surface area contributed by atoms with E-state index in [1.54, 1.807) is 12.0 Å². The Bertz CT molecular complexity index is 730. The van der Waals surface area contributed by atoms with E-state index in [1.807, 2.05) is 54.6 Å². The van der Waals surface area contributed by atoms with Crippen LogP contribution in [0.25, 0.3) is 0 Å². The highest BCUT2D eigenvalue weighted by molar-refractivity contribution is 5.97. The smallest absolute Gasteiger partial charge is 0.229 e. The van der Waals surface area contributed by atoms with Crippen LogP contribution in [0.2, 0.25) is 0 Å². The Morgan fingerprint density at radius 1 is 1.21 bits per heavy atom. The molecule has 1 aliphatic heterocycles. The zero-order chi connectivity index (χ0) is 16.9. The summed E-state index contributed by atoms with van der Waals surface area (Å²) in [6.07, 6.45) is 0.641. The molecule has 5 heteroatoms. The molecule has 1 heterocycles. The second kappa shape index (κ2) is 7.17. The van der Waals surface area contributed by atoms with Crippen LogP contribution in [0.5, 0.6) is 5.75 Å². The van der Waals surface area contributed by atoms with Gasteiger partial charge in [0.15, 0.2) is 0 Å². The number of ether oxygens (including phenoxy) is 1. The van der Waals surface area contributed by atoms with Gasteiger partial charge in [0.05, 0.1) is 19.6 Å². The molecule has 2 amide bonds. The number of rotatable bonds is 5. The zero-order valence-corrected chi connectivity index (χ0v) is 13.6. The van der Waals surface area contributed by atoms with Crippen molar-refractivity contribution in [1.82, 2.24) is 5.32 Å². The minimum atomic E-state index is -0.167. The van der Waals surface area contributed by atoms with E-state index in [9.17, 15) is 9.59 Å². The van der Waals surface area contributed by atoms with E-state index in [2.05, 4.69) is 5.32 Å². The molecule has 1 aliphatic rings. The van der Waals surface area contributed by atoms with E-state index in [4.69, 9.17) is 4.74 Å². The highest BCUT2D eigenvalue weighted by Crippen LogP contribution is 2.25. The molecule has 124 valence electrons. The van der Waals surface area contributed by atoms with E-state index in [0.717, 1.165) is 11.3 Å². The van der Waals surface area contributed by atoms with E-state index in [-0.39, 0.29) is 17.9 Å². The Morgan fingerprint density at radius 2 is 2.00 bits per heavy atom. The first-order chi connectivity index (χ1) is 11.7. The first kappa shape index (κ1) is 16.1. The van der Waals surface area contributed by atoms with E-state index in [0.29, 0.717) is 25.1 Å². The van der Waals surface area contributed by atoms with Gasteiger partial charge in [-0.2, -0.15) is 0 Å². The van der Waals surface area contributed by atoms with Gasteiger partial charge in [-0.1, -0.05) is 36.4 Å². The molecular weight excluding hydrogens is 304 g/mol. The largest absolute Gasteiger partial charge is 0.497 e. The Balaban J connectivity index is 1.61. The number of nitrogens with one attached hydrogen (secondary N) is 1. The van der Waals surface area contributed by atoms with E-state index in [1.165, 1.54) is 0 Å². The summed E-state index contributed by atoms with van der Waals surface area (Å²) in [5, 5.41) is 2.95. The number of hydrogen-bond acceptors (Lipinski definition) is 3. The molecule has 2 aromatic rings. The van der Waals surface area contributed by atoms with Gasteiger partial charge in [-0.05, 0) is 17.7 Å². The van der Waals surface area contributed by atoms with Gasteiger partial charge in [0.25, 0.3) is 0 Å². The maximum atomic E-state index is 12.3. The first-order valence-corrected chi connectivity index (χ1v) is 7.93. The minimum Gasteiger partial charge on any atom is -0.497 e. The number of benzene rings is 2. The van der Waals surface area contributed by atoms with Crippen molar-refractivity contribution in [3.63, 3.8) is 0 Å². The van der Waals surface area contributed by atoms with Crippen LogP contribution >= 0.6 is 0 Å². The third-order valence-electron chi connectivity index (χ3n) is 4.06. The monoisotopic (exact) mass is 324 g/mol. The van der Waals surface area contributed by atoms with Gasteiger partial charge in [0.1, 0.15) is 5.75 Å². The molecular formula is C19H20N2O3. The quantitative estimate of drug-likeness (QED) is 0.917. The molecule has 1 saturated heterocycles. The Kier molecular flexibility index (Phi) is 4.79. The standard InChI is InChI=1S/C19H20N2O3/c1-24-17-9-5-8-16(12-17)21-13-15(11-19(21)23)20-18(22)10-14-6-3-2-4-7-14/h2-9,12,15H,10-11,13H2,1H3,(H,20,22)/t15-/m1/s1. The van der Waals surface area contributed by atoms with Crippen molar-refractivity contribution in [3.8, 4) is 5.75 Å². The van der Waals surface area contributed by atoms with E-state index < -0.39 is 0 Å². The number of carbonyl (C=O) groups excluding carboxylic acids is 2. The lowest BCUT2D eigenvalue weighted by Crippen LogP contribution is -2.38. The lowest BCUT2D eigenvalue weighted by Gasteiger charge is -2.18. The van der Waals surface area contributed by atoms with Gasteiger partial charge in [-0.25, -0.2) is 0 Å². The normalized spacial score (nSPS) is 17.0. The van der Waals surface area contributed by atoms with Gasteiger partial charge in [-0.15, -0.1) is 0 Å². The highest BCUT2D eigenvalue weighted by atomic mass is 16.5. The van der Waals surface area contributed by atoms with Crippen LogP contribution in [-0.4, -0.2) is 31.5 Å². The lowest BCUT2D eigenvalue weighted by atomic mass is 10.1. The summed E-state index contributed by atoms with van der Waals surface area (Å²) in [7, 11) is 1.59. The number of amides is 2. The number of nitrogens with zero attached hydrogens (tertiary/aromatic N) is 1. The minimum absolute atomic E-state index is 0.00765. The average molecular weight is 324 g/mol. The predicted molar refractivity (Wildman–Crippen MR) is 92.0 cm³/mol. The zero-order valence-electron chi connectivity index (χ0n) is 13.6. The summed E-state index contributed by atoms with van der Waals surface area (Å²) in [5.74, 6) is 0.650. The number of carbonyl (C=O) groups is 2. The lowest BCUT2D eigenvalue weighted by molar-refractivity contribution is -0.121. The number of methoxy groups -OCH3 is 1. The molecule has 1 atom stereocenters. The van der Waals surface area contributed by atoms with Crippen molar-refractivity contribution >= 4 is 17.5 Å². The van der Waals surface area contributed by atoms with Crippen LogP contribution in [0.15, 0.2) is 54.6 Å². The summed E-state index contributed by atoms with van der Waals surface area (Å²) in [6, 6.07) is 16.8. The molecule has 1 N–H and O–H groups in total. The van der Waals surface area contributed by atoms with Gasteiger partial charge in [0.2, 0.25) is 11.8 Å². The Morgan fingerprint density at radius 3 is 2.75 bits per heavy atom. The Labute approximate surface area is 141 Å². The second-order valence-electron chi connectivity index (χ2n) is 5.84. The fraction of sp³-hybridized carbons (Fsp3) is 0.263. The molecule has 0 radical (unpaired) electrons. The maximum Gasteiger partial charge on any atom is 0.229 e. The molecule has 24 heavy (non-hydrogen) atoms. The van der Waals surface area contributed by atoms with Crippen LogP contribution in [-0.2, 0) is 16.0 Å². The molecule has 0 aliphatic carbocycles. The van der Waals surface area contributed by atoms with Gasteiger partial charge in [-0.3, -0.25) is 9.59 Å². The van der Waals surface area contributed by atoms with Crippen LogP contribution in [0.1, 0.15) is 12.0 Å². The molecule has 0 spiro atoms. The number of hydrogen-bond donors (Lipinski definition) is 1. The second-order valence-corrected chi connectivity index (χ2v) is 5.84. The third-order valence-corrected chi connectivity index (χ3v) is 4.06. The summed E-state index contributed by atoms with van der Waals surface area (Å²) in [4.78, 5) is 26.1. The molecule has 0 bridgehead atoms. The molecule has 5 nitrogen and oxygen atoms in total. The summed E-state index contributed by atoms with van der Waals surface area (Å²) < 4.78 is 5.20. The number of anilines is 1. The van der Waals surface area contributed by atoms with Crippen molar-refractivity contribution in [2.75, 3.05) is 18.6 Å². The molecule has 3 rings (SSSR count). The molecule has 0 unspecified atom stereocenters. The molecule has 1 fully saturated rings. The summed E-state index contributed by atoms with van der Waals surface area (Å²) in [5.41, 5.74) is 1.75. The Hall–Kier alpha value is -2.82. The van der Waals surface area contributed by atoms with Crippen LogP contribution in [0.4, 0.5) is 5.69 Å². The SMILES string of the molecule is COc1cccc(N2C[C@H](NC(=O)Cc3ccccc3)CC2=O)c1. The average Bonchev–Trinajstić information content (AvgIpc) is 2.96. The van der Waals surface area contributed by atoms with Crippen molar-refractivity contribution in [1.29, 1.82) is 0 Å². The first-order valence-electron chi connectivity index (χ1n) is 7.93. The van der Waals surface area contributed by atoms with Crippen molar-refractivity contribution in [3.05, 3.63) is 60.2 Å². The summed E-state index contributed by atoms with van der Waals surface area (Å²) in [6.45, 7) is 0.479. The van der Waals surface area contributed by atoms with Gasteiger partial charge < -0.3 is 15.0 Å².